The Balaban J connectivity index is 1.63. The Bertz CT molecular complexity index is 477. The number of hydrogen-bond donors (Lipinski definition) is 0. The fourth-order valence-corrected chi connectivity index (χ4v) is 4.83. The maximum Gasteiger partial charge on any atom is 0.243 e. The summed E-state index contributed by atoms with van der Waals surface area (Å²) < 4.78 is 0. The minimum atomic E-state index is -0.204. The zero-order valence-corrected chi connectivity index (χ0v) is 15.1. The van der Waals surface area contributed by atoms with E-state index >= 15 is 0 Å². The van der Waals surface area contributed by atoms with Crippen molar-refractivity contribution in [2.75, 3.05) is 44.2 Å². The summed E-state index contributed by atoms with van der Waals surface area (Å²) in [6.45, 7) is 3.82. The molecule has 0 N–H and O–H groups in total. The Morgan fingerprint density at radius 2 is 1.71 bits per heavy atom. The number of imide groups is 1. The molecular formula is C17H27N3O3S. The Morgan fingerprint density at radius 1 is 1.00 bits per heavy atom. The van der Waals surface area contributed by atoms with E-state index in [1.165, 1.54) is 19.3 Å². The van der Waals surface area contributed by atoms with Gasteiger partial charge in [0.15, 0.2) is 0 Å². The molecule has 3 saturated heterocycles. The van der Waals surface area contributed by atoms with Crippen LogP contribution in [0.25, 0.3) is 0 Å². The number of rotatable bonds is 4. The zero-order valence-electron chi connectivity index (χ0n) is 14.2. The molecule has 0 aliphatic carbocycles. The van der Waals surface area contributed by atoms with Crippen molar-refractivity contribution in [3.05, 3.63) is 0 Å². The van der Waals surface area contributed by atoms with E-state index in [2.05, 4.69) is 4.90 Å². The standard InChI is InChI=1S/C17H27N3O3S/c21-15-5-6-16(22)20(15)12-17(23)19-9-4-10-24-13-14(19)11-18-7-2-1-3-8-18/h14H,1-13H2. The quantitative estimate of drug-likeness (QED) is 0.705. The molecule has 0 saturated carbocycles. The van der Waals surface area contributed by atoms with Gasteiger partial charge in [0, 0.05) is 31.7 Å². The van der Waals surface area contributed by atoms with Crippen LogP contribution in [0, 0.1) is 0 Å². The van der Waals surface area contributed by atoms with E-state index in [4.69, 9.17) is 0 Å². The lowest BCUT2D eigenvalue weighted by Crippen LogP contribution is -2.52. The van der Waals surface area contributed by atoms with Gasteiger partial charge < -0.3 is 9.80 Å². The maximum atomic E-state index is 12.8. The molecule has 0 radical (unpaired) electrons. The number of hydrogen-bond acceptors (Lipinski definition) is 5. The summed E-state index contributed by atoms with van der Waals surface area (Å²) in [5.74, 6) is 1.55. The summed E-state index contributed by atoms with van der Waals surface area (Å²) >= 11 is 1.91. The monoisotopic (exact) mass is 353 g/mol. The van der Waals surface area contributed by atoms with Crippen molar-refractivity contribution in [1.82, 2.24) is 14.7 Å². The van der Waals surface area contributed by atoms with Gasteiger partial charge in [0.25, 0.3) is 0 Å². The van der Waals surface area contributed by atoms with Crippen molar-refractivity contribution < 1.29 is 14.4 Å². The van der Waals surface area contributed by atoms with Gasteiger partial charge in [0.1, 0.15) is 6.54 Å². The van der Waals surface area contributed by atoms with Crippen LogP contribution in [-0.4, -0.2) is 82.7 Å². The van der Waals surface area contributed by atoms with Crippen molar-refractivity contribution in [2.24, 2.45) is 0 Å². The molecule has 3 aliphatic heterocycles. The van der Waals surface area contributed by atoms with Crippen LogP contribution in [0.4, 0.5) is 0 Å². The second-order valence-electron chi connectivity index (χ2n) is 6.90. The van der Waals surface area contributed by atoms with E-state index in [0.717, 1.165) is 49.0 Å². The second-order valence-corrected chi connectivity index (χ2v) is 8.05. The summed E-state index contributed by atoms with van der Waals surface area (Å²) in [6.07, 6.45) is 5.26. The summed E-state index contributed by atoms with van der Waals surface area (Å²) in [6, 6.07) is 0.191. The highest BCUT2D eigenvalue weighted by Gasteiger charge is 2.34. The van der Waals surface area contributed by atoms with Gasteiger partial charge in [-0.15, -0.1) is 0 Å². The first-order valence-electron chi connectivity index (χ1n) is 9.08. The van der Waals surface area contributed by atoms with Crippen LogP contribution in [-0.2, 0) is 14.4 Å². The van der Waals surface area contributed by atoms with E-state index in [-0.39, 0.29) is 43.1 Å². The number of thioether (sulfide) groups is 1. The largest absolute Gasteiger partial charge is 0.336 e. The van der Waals surface area contributed by atoms with Gasteiger partial charge in [-0.3, -0.25) is 19.3 Å². The van der Waals surface area contributed by atoms with Gasteiger partial charge >= 0.3 is 0 Å². The SMILES string of the molecule is O=C1CCC(=O)N1CC(=O)N1CCCSCC1CN1CCCCC1. The van der Waals surface area contributed by atoms with E-state index in [1.807, 2.05) is 16.7 Å². The molecule has 3 aliphatic rings. The Labute approximate surface area is 147 Å². The highest BCUT2D eigenvalue weighted by atomic mass is 32.2. The smallest absolute Gasteiger partial charge is 0.243 e. The van der Waals surface area contributed by atoms with E-state index in [1.54, 1.807) is 0 Å². The maximum absolute atomic E-state index is 12.8. The molecule has 0 bridgehead atoms. The summed E-state index contributed by atoms with van der Waals surface area (Å²) in [7, 11) is 0. The van der Waals surface area contributed by atoms with Gasteiger partial charge in [-0.1, -0.05) is 6.42 Å². The average Bonchev–Trinajstić information content (AvgIpc) is 2.79. The van der Waals surface area contributed by atoms with Crippen molar-refractivity contribution in [2.45, 2.75) is 44.6 Å². The zero-order chi connectivity index (χ0) is 16.9. The third kappa shape index (κ3) is 4.30. The minimum Gasteiger partial charge on any atom is -0.336 e. The van der Waals surface area contributed by atoms with E-state index in [0.29, 0.717) is 0 Å². The molecule has 24 heavy (non-hydrogen) atoms. The van der Waals surface area contributed by atoms with Crippen LogP contribution in [0.15, 0.2) is 0 Å². The molecule has 3 amide bonds. The molecule has 1 unspecified atom stereocenters. The van der Waals surface area contributed by atoms with Gasteiger partial charge in [0.05, 0.1) is 6.04 Å². The number of carbonyl (C=O) groups excluding carboxylic acids is 3. The molecule has 7 heteroatoms. The van der Waals surface area contributed by atoms with Crippen molar-refractivity contribution in [3.8, 4) is 0 Å². The molecule has 0 spiro atoms. The van der Waals surface area contributed by atoms with Crippen LogP contribution in [0.2, 0.25) is 0 Å². The summed E-state index contributed by atoms with van der Waals surface area (Å²) in [5, 5.41) is 0. The van der Waals surface area contributed by atoms with Crippen molar-refractivity contribution in [1.29, 1.82) is 0 Å². The molecule has 1 atom stereocenters. The fraction of sp³-hybridized carbons (Fsp3) is 0.824. The first kappa shape index (κ1) is 17.7. The van der Waals surface area contributed by atoms with Crippen LogP contribution in [0.3, 0.4) is 0 Å². The predicted octanol–water partition coefficient (Wildman–Crippen LogP) is 0.955. The molecule has 3 fully saturated rings. The summed E-state index contributed by atoms with van der Waals surface area (Å²) in [4.78, 5) is 41.9. The van der Waals surface area contributed by atoms with E-state index < -0.39 is 0 Å². The average molecular weight is 353 g/mol. The highest BCUT2D eigenvalue weighted by Crippen LogP contribution is 2.20. The third-order valence-electron chi connectivity index (χ3n) is 5.12. The van der Waals surface area contributed by atoms with Crippen LogP contribution in [0.5, 0.6) is 0 Å². The number of piperidine rings is 1. The molecule has 0 aromatic rings. The second kappa shape index (κ2) is 8.34. The molecule has 0 aromatic carbocycles. The molecule has 6 nitrogen and oxygen atoms in total. The molecule has 0 aromatic heterocycles. The topological polar surface area (TPSA) is 60.9 Å². The predicted molar refractivity (Wildman–Crippen MR) is 93.7 cm³/mol. The summed E-state index contributed by atoms with van der Waals surface area (Å²) in [5.41, 5.74) is 0. The lowest BCUT2D eigenvalue weighted by atomic mass is 10.1. The molecule has 134 valence electrons. The molecule has 3 heterocycles. The van der Waals surface area contributed by atoms with Crippen molar-refractivity contribution in [3.63, 3.8) is 0 Å². The van der Waals surface area contributed by atoms with Crippen LogP contribution >= 0.6 is 11.8 Å². The normalized spacial score (nSPS) is 26.8. The van der Waals surface area contributed by atoms with Crippen molar-refractivity contribution >= 4 is 29.5 Å². The van der Waals surface area contributed by atoms with E-state index in [9.17, 15) is 14.4 Å². The molecule has 3 rings (SSSR count). The van der Waals surface area contributed by atoms with Gasteiger partial charge in [-0.05, 0) is 38.1 Å². The van der Waals surface area contributed by atoms with Gasteiger partial charge in [-0.2, -0.15) is 11.8 Å². The first-order valence-corrected chi connectivity index (χ1v) is 10.2. The van der Waals surface area contributed by atoms with Gasteiger partial charge in [-0.25, -0.2) is 0 Å². The Kier molecular flexibility index (Phi) is 6.16. The van der Waals surface area contributed by atoms with Crippen LogP contribution in [0.1, 0.15) is 38.5 Å². The van der Waals surface area contributed by atoms with Crippen LogP contribution < -0.4 is 0 Å². The fourth-order valence-electron chi connectivity index (χ4n) is 3.77. The number of amides is 3. The minimum absolute atomic E-state index is 0.0666. The Hall–Kier alpha value is -1.08. The lowest BCUT2D eigenvalue weighted by Gasteiger charge is -2.36. The number of nitrogens with zero attached hydrogens (tertiary/aromatic N) is 3. The Morgan fingerprint density at radius 3 is 2.42 bits per heavy atom. The van der Waals surface area contributed by atoms with Gasteiger partial charge in [0.2, 0.25) is 17.7 Å². The molecular weight excluding hydrogens is 326 g/mol. The lowest BCUT2D eigenvalue weighted by molar-refractivity contribution is -0.146. The highest BCUT2D eigenvalue weighted by molar-refractivity contribution is 7.99. The number of carbonyl (C=O) groups is 3. The third-order valence-corrected chi connectivity index (χ3v) is 6.32. The first-order chi connectivity index (χ1) is 11.6. The number of likely N-dealkylation sites (tertiary alicyclic amines) is 2.